The summed E-state index contributed by atoms with van der Waals surface area (Å²) in [6, 6.07) is 14.4. The Morgan fingerprint density at radius 3 is 2.62 bits per heavy atom. The van der Waals surface area contributed by atoms with Gasteiger partial charge in [0.25, 0.3) is 5.91 Å². The lowest BCUT2D eigenvalue weighted by atomic mass is 10.1. The zero-order valence-electron chi connectivity index (χ0n) is 12.1. The van der Waals surface area contributed by atoms with Crippen LogP contribution in [0.3, 0.4) is 0 Å². The molecule has 0 saturated carbocycles. The fourth-order valence-electron chi connectivity index (χ4n) is 2.10. The van der Waals surface area contributed by atoms with E-state index in [-0.39, 0.29) is 21.8 Å². The van der Waals surface area contributed by atoms with Gasteiger partial charge in [0.05, 0.1) is 11.3 Å². The molecule has 3 rings (SSSR count). The van der Waals surface area contributed by atoms with Crippen LogP contribution in [0.1, 0.15) is 10.4 Å². The topological polar surface area (TPSA) is 54.9 Å². The summed E-state index contributed by atoms with van der Waals surface area (Å²) in [6.45, 7) is 0. The second-order valence-corrected chi connectivity index (χ2v) is 6.74. The molecule has 120 valence electrons. The van der Waals surface area contributed by atoms with Crippen molar-refractivity contribution in [1.29, 1.82) is 0 Å². The fourth-order valence-corrected chi connectivity index (χ4v) is 3.14. The van der Waals surface area contributed by atoms with Crippen molar-refractivity contribution < 1.29 is 4.79 Å². The van der Waals surface area contributed by atoms with Crippen LogP contribution in [0.15, 0.2) is 54.7 Å². The first-order chi connectivity index (χ1) is 11.5. The highest BCUT2D eigenvalue weighted by Crippen LogP contribution is 2.27. The highest BCUT2D eigenvalue weighted by Gasteiger charge is 2.13. The third-order valence-electron chi connectivity index (χ3n) is 3.22. The van der Waals surface area contributed by atoms with Crippen LogP contribution in [0.5, 0.6) is 0 Å². The van der Waals surface area contributed by atoms with Crippen molar-refractivity contribution in [3.63, 3.8) is 0 Å². The largest absolute Gasteiger partial charge is 0.322 e. The van der Waals surface area contributed by atoms with Crippen molar-refractivity contribution in [2.45, 2.75) is 0 Å². The molecule has 0 aliphatic rings. The Morgan fingerprint density at radius 2 is 1.92 bits per heavy atom. The Balaban J connectivity index is 1.89. The maximum Gasteiger partial charge on any atom is 0.258 e. The van der Waals surface area contributed by atoms with Crippen molar-refractivity contribution in [3.8, 4) is 11.3 Å². The zero-order chi connectivity index (χ0) is 17.1. The van der Waals surface area contributed by atoms with E-state index in [1.165, 1.54) is 6.07 Å². The van der Waals surface area contributed by atoms with Crippen molar-refractivity contribution in [2.75, 3.05) is 5.32 Å². The molecule has 1 amide bonds. The molecule has 0 aliphatic heterocycles. The lowest BCUT2D eigenvalue weighted by molar-refractivity contribution is 0.102. The molecule has 4 nitrogen and oxygen atoms in total. The quantitative estimate of drug-likeness (QED) is 0.418. The highest BCUT2D eigenvalue weighted by atomic mass is 127. The first-order valence-corrected chi connectivity index (χ1v) is 8.72. The van der Waals surface area contributed by atoms with Gasteiger partial charge in [-0.3, -0.25) is 9.78 Å². The van der Waals surface area contributed by atoms with Crippen LogP contribution < -0.4 is 5.32 Å². The Kier molecular flexibility index (Phi) is 5.33. The maximum atomic E-state index is 12.4. The highest BCUT2D eigenvalue weighted by molar-refractivity contribution is 14.1. The molecule has 0 fully saturated rings. The number of hydrogen-bond acceptors (Lipinski definition) is 3. The number of rotatable bonds is 3. The number of nitrogens with zero attached hydrogens (tertiary/aromatic N) is 2. The molecule has 2 heterocycles. The summed E-state index contributed by atoms with van der Waals surface area (Å²) in [4.78, 5) is 20.6. The van der Waals surface area contributed by atoms with Crippen LogP contribution in [-0.4, -0.2) is 15.9 Å². The van der Waals surface area contributed by atoms with E-state index in [4.69, 9.17) is 23.2 Å². The minimum atomic E-state index is -0.350. The van der Waals surface area contributed by atoms with Crippen LogP contribution >= 0.6 is 45.8 Å². The molecule has 3 aromatic rings. The van der Waals surface area contributed by atoms with Gasteiger partial charge in [0.15, 0.2) is 0 Å². The molecular formula is C17H10Cl2IN3O. The van der Waals surface area contributed by atoms with E-state index in [0.717, 1.165) is 14.8 Å². The number of aromatic nitrogens is 2. The van der Waals surface area contributed by atoms with Gasteiger partial charge in [-0.15, -0.1) is 0 Å². The lowest BCUT2D eigenvalue weighted by Crippen LogP contribution is -2.13. The molecule has 24 heavy (non-hydrogen) atoms. The van der Waals surface area contributed by atoms with E-state index in [1.54, 1.807) is 12.3 Å². The third kappa shape index (κ3) is 3.85. The number of pyridine rings is 2. The van der Waals surface area contributed by atoms with Crippen molar-refractivity contribution in [1.82, 2.24) is 9.97 Å². The summed E-state index contributed by atoms with van der Waals surface area (Å²) in [5.74, 6) is -0.350. The number of carbonyl (C=O) groups excluding carboxylic acids is 1. The Labute approximate surface area is 162 Å². The van der Waals surface area contributed by atoms with Crippen LogP contribution in [-0.2, 0) is 0 Å². The van der Waals surface area contributed by atoms with E-state index in [2.05, 4.69) is 37.9 Å². The standard InChI is InChI=1S/C17H10Cl2IN3O/c18-15-7-5-11(16(19)23-15)17(24)22-10-4-6-13(20)12(9-10)14-3-1-2-8-21-14/h1-9H,(H,22,24). The molecule has 7 heteroatoms. The first-order valence-electron chi connectivity index (χ1n) is 6.89. The third-order valence-corrected chi connectivity index (χ3v) is 4.66. The maximum absolute atomic E-state index is 12.4. The molecule has 1 N–H and O–H groups in total. The summed E-state index contributed by atoms with van der Waals surface area (Å²) in [6.07, 6.45) is 1.73. The Morgan fingerprint density at radius 1 is 1.08 bits per heavy atom. The van der Waals surface area contributed by atoms with Gasteiger partial charge in [-0.05, 0) is 65.1 Å². The second kappa shape index (κ2) is 7.46. The van der Waals surface area contributed by atoms with Crippen LogP contribution in [0.2, 0.25) is 10.3 Å². The molecule has 0 spiro atoms. The average Bonchev–Trinajstić information content (AvgIpc) is 2.57. The number of halogens is 3. The summed E-state index contributed by atoms with van der Waals surface area (Å²) >= 11 is 14.0. The SMILES string of the molecule is O=C(Nc1ccc(I)c(-c2ccccn2)c1)c1ccc(Cl)nc1Cl. The number of hydrogen-bond donors (Lipinski definition) is 1. The molecule has 0 unspecified atom stereocenters. The molecule has 0 atom stereocenters. The number of benzene rings is 1. The first kappa shape index (κ1) is 17.1. The Bertz CT molecular complexity index is 904. The van der Waals surface area contributed by atoms with Crippen LogP contribution in [0.25, 0.3) is 11.3 Å². The van der Waals surface area contributed by atoms with E-state index in [1.807, 2.05) is 36.4 Å². The van der Waals surface area contributed by atoms with E-state index >= 15 is 0 Å². The predicted molar refractivity (Wildman–Crippen MR) is 105 cm³/mol. The normalized spacial score (nSPS) is 10.5. The number of nitrogens with one attached hydrogen (secondary N) is 1. The fraction of sp³-hybridized carbons (Fsp3) is 0. The summed E-state index contributed by atoms with van der Waals surface area (Å²) in [5.41, 5.74) is 2.68. The minimum Gasteiger partial charge on any atom is -0.322 e. The van der Waals surface area contributed by atoms with Crippen molar-refractivity contribution in [3.05, 3.63) is 74.2 Å². The van der Waals surface area contributed by atoms with Gasteiger partial charge in [-0.2, -0.15) is 0 Å². The van der Waals surface area contributed by atoms with E-state index in [0.29, 0.717) is 5.69 Å². The molecule has 2 aromatic heterocycles. The summed E-state index contributed by atoms with van der Waals surface area (Å²) < 4.78 is 1.04. The van der Waals surface area contributed by atoms with Gasteiger partial charge in [0.2, 0.25) is 0 Å². The second-order valence-electron chi connectivity index (χ2n) is 4.84. The summed E-state index contributed by atoms with van der Waals surface area (Å²) in [7, 11) is 0. The monoisotopic (exact) mass is 469 g/mol. The molecule has 0 aliphatic carbocycles. The Hall–Kier alpha value is -1.70. The van der Waals surface area contributed by atoms with Gasteiger partial charge in [-0.1, -0.05) is 29.3 Å². The molecule has 0 saturated heterocycles. The lowest BCUT2D eigenvalue weighted by Gasteiger charge is -2.10. The van der Waals surface area contributed by atoms with Gasteiger partial charge < -0.3 is 5.32 Å². The molecule has 0 radical (unpaired) electrons. The van der Waals surface area contributed by atoms with Gasteiger partial charge in [0.1, 0.15) is 10.3 Å². The van der Waals surface area contributed by atoms with Gasteiger partial charge in [0, 0.05) is 21.0 Å². The zero-order valence-corrected chi connectivity index (χ0v) is 15.8. The van der Waals surface area contributed by atoms with E-state index in [9.17, 15) is 4.79 Å². The van der Waals surface area contributed by atoms with Gasteiger partial charge in [-0.25, -0.2) is 4.98 Å². The van der Waals surface area contributed by atoms with Crippen LogP contribution in [0.4, 0.5) is 5.69 Å². The van der Waals surface area contributed by atoms with Gasteiger partial charge >= 0.3 is 0 Å². The molecular weight excluding hydrogens is 460 g/mol. The van der Waals surface area contributed by atoms with Crippen molar-refractivity contribution in [2.24, 2.45) is 0 Å². The molecule has 0 bridgehead atoms. The summed E-state index contributed by atoms with van der Waals surface area (Å²) in [5, 5.41) is 3.12. The number of carbonyl (C=O) groups is 1. The minimum absolute atomic E-state index is 0.0652. The van der Waals surface area contributed by atoms with Crippen LogP contribution in [0, 0.1) is 3.57 Å². The van der Waals surface area contributed by atoms with E-state index < -0.39 is 0 Å². The number of anilines is 1. The predicted octanol–water partition coefficient (Wildman–Crippen LogP) is 5.31. The molecule has 1 aromatic carbocycles. The number of amides is 1. The van der Waals surface area contributed by atoms with Crippen molar-refractivity contribution >= 4 is 57.4 Å². The smallest absolute Gasteiger partial charge is 0.258 e. The average molecular weight is 470 g/mol.